The molecule has 1 aromatic carbocycles. The second kappa shape index (κ2) is 8.05. The van der Waals surface area contributed by atoms with Crippen LogP contribution in [-0.2, 0) is 6.54 Å². The summed E-state index contributed by atoms with van der Waals surface area (Å²) in [5.74, 6) is 2.48. The van der Waals surface area contributed by atoms with Gasteiger partial charge in [-0.25, -0.2) is 4.98 Å². The number of nitrogens with zero attached hydrogens (tertiary/aromatic N) is 3. The van der Waals surface area contributed by atoms with Crippen LogP contribution < -0.4 is 15.0 Å². The minimum absolute atomic E-state index is 0.149. The Kier molecular flexibility index (Phi) is 5.78. The van der Waals surface area contributed by atoms with Gasteiger partial charge in [-0.2, -0.15) is 0 Å². The maximum Gasteiger partial charge on any atom is 0.258 e. The van der Waals surface area contributed by atoms with Gasteiger partial charge in [0.05, 0.1) is 31.7 Å². The van der Waals surface area contributed by atoms with E-state index in [0.29, 0.717) is 40.7 Å². The lowest BCUT2D eigenvalue weighted by Crippen LogP contribution is -2.47. The zero-order valence-electron chi connectivity index (χ0n) is 16.0. The number of piperazine rings is 1. The lowest BCUT2D eigenvalue weighted by molar-refractivity contribution is 0.115. The van der Waals surface area contributed by atoms with Crippen LogP contribution in [0.2, 0.25) is 0 Å². The van der Waals surface area contributed by atoms with E-state index in [4.69, 9.17) is 9.47 Å². The van der Waals surface area contributed by atoms with E-state index in [1.807, 2.05) is 0 Å². The number of hydrogen-bond acceptors (Lipinski definition) is 6. The molecule has 0 atom stereocenters. The molecule has 1 aliphatic rings. The third-order valence-corrected chi connectivity index (χ3v) is 4.72. The van der Waals surface area contributed by atoms with Crippen molar-refractivity contribution in [2.45, 2.75) is 20.4 Å². The molecule has 1 saturated heterocycles. The Morgan fingerprint density at radius 3 is 2.31 bits per heavy atom. The lowest BCUT2D eigenvalue weighted by atomic mass is 10.2. The van der Waals surface area contributed by atoms with Gasteiger partial charge in [-0.15, -0.1) is 0 Å². The molecular weight excluding hydrogens is 332 g/mol. The van der Waals surface area contributed by atoms with Gasteiger partial charge in [0, 0.05) is 38.8 Å². The second-order valence-corrected chi connectivity index (χ2v) is 7.21. The van der Waals surface area contributed by atoms with Crippen molar-refractivity contribution in [3.8, 4) is 11.5 Å². The average Bonchev–Trinajstić information content (AvgIpc) is 2.62. The summed E-state index contributed by atoms with van der Waals surface area (Å²) < 4.78 is 10.6. The summed E-state index contributed by atoms with van der Waals surface area (Å²) in [4.78, 5) is 24.8. The standard InChI is InChI=1S/C19H28N4O3/c1-13(2)11-22-5-7-23(8-6-22)12-18-20-15-10-17(26-4)16(25-3)9-14(15)19(24)21-18/h9-10,13H,5-8,11-12H2,1-4H3,(H,20,21,24). The van der Waals surface area contributed by atoms with Crippen molar-refractivity contribution in [1.29, 1.82) is 0 Å². The molecule has 1 fully saturated rings. The topological polar surface area (TPSA) is 70.7 Å². The number of rotatable bonds is 6. The molecular formula is C19H28N4O3. The van der Waals surface area contributed by atoms with Crippen molar-refractivity contribution in [2.24, 2.45) is 5.92 Å². The van der Waals surface area contributed by atoms with Crippen molar-refractivity contribution in [3.05, 3.63) is 28.3 Å². The minimum Gasteiger partial charge on any atom is -0.493 e. The predicted octanol–water partition coefficient (Wildman–Crippen LogP) is 1.71. The van der Waals surface area contributed by atoms with E-state index in [9.17, 15) is 4.79 Å². The van der Waals surface area contributed by atoms with Gasteiger partial charge >= 0.3 is 0 Å². The molecule has 0 bridgehead atoms. The summed E-state index contributed by atoms with van der Waals surface area (Å²) in [5, 5.41) is 0.508. The lowest BCUT2D eigenvalue weighted by Gasteiger charge is -2.35. The van der Waals surface area contributed by atoms with Gasteiger partial charge < -0.3 is 19.4 Å². The van der Waals surface area contributed by atoms with Gasteiger partial charge in [-0.1, -0.05) is 13.8 Å². The Morgan fingerprint density at radius 1 is 1.08 bits per heavy atom. The molecule has 1 aliphatic heterocycles. The molecule has 0 radical (unpaired) electrons. The zero-order chi connectivity index (χ0) is 18.7. The van der Waals surface area contributed by atoms with E-state index in [1.165, 1.54) is 0 Å². The van der Waals surface area contributed by atoms with Crippen LogP contribution in [0.15, 0.2) is 16.9 Å². The van der Waals surface area contributed by atoms with E-state index >= 15 is 0 Å². The third kappa shape index (κ3) is 4.16. The summed E-state index contributed by atoms with van der Waals surface area (Å²) in [6.45, 7) is 10.4. The molecule has 0 spiro atoms. The molecule has 2 aromatic rings. The summed E-state index contributed by atoms with van der Waals surface area (Å²) in [5.41, 5.74) is 0.476. The number of fused-ring (bicyclic) bond motifs is 1. The normalized spacial score (nSPS) is 16.3. The zero-order valence-corrected chi connectivity index (χ0v) is 16.0. The number of methoxy groups -OCH3 is 2. The fourth-order valence-electron chi connectivity index (χ4n) is 3.45. The number of nitrogens with one attached hydrogen (secondary N) is 1. The molecule has 7 heteroatoms. The highest BCUT2D eigenvalue weighted by atomic mass is 16.5. The summed E-state index contributed by atoms with van der Waals surface area (Å²) in [6.07, 6.45) is 0. The van der Waals surface area contributed by atoms with Gasteiger partial charge in [-0.05, 0) is 12.0 Å². The van der Waals surface area contributed by atoms with E-state index in [-0.39, 0.29) is 5.56 Å². The van der Waals surface area contributed by atoms with Crippen LogP contribution in [0.1, 0.15) is 19.7 Å². The van der Waals surface area contributed by atoms with Gasteiger partial charge in [-0.3, -0.25) is 9.69 Å². The smallest absolute Gasteiger partial charge is 0.258 e. The van der Waals surface area contributed by atoms with Crippen molar-refractivity contribution in [3.63, 3.8) is 0 Å². The first-order chi connectivity index (χ1) is 12.5. The second-order valence-electron chi connectivity index (χ2n) is 7.21. The first-order valence-corrected chi connectivity index (χ1v) is 9.09. The number of hydrogen-bond donors (Lipinski definition) is 1. The van der Waals surface area contributed by atoms with Crippen molar-refractivity contribution in [2.75, 3.05) is 46.9 Å². The first kappa shape index (κ1) is 18.7. The maximum atomic E-state index is 12.5. The van der Waals surface area contributed by atoms with Gasteiger partial charge in [0.15, 0.2) is 11.5 Å². The van der Waals surface area contributed by atoms with Gasteiger partial charge in [0.1, 0.15) is 5.82 Å². The third-order valence-electron chi connectivity index (χ3n) is 4.72. The summed E-state index contributed by atoms with van der Waals surface area (Å²) >= 11 is 0. The van der Waals surface area contributed by atoms with Gasteiger partial charge in [0.25, 0.3) is 5.56 Å². The van der Waals surface area contributed by atoms with Crippen LogP contribution in [-0.4, -0.2) is 66.7 Å². The molecule has 0 amide bonds. The Hall–Kier alpha value is -2.12. The Labute approximate surface area is 153 Å². The number of benzene rings is 1. The fraction of sp³-hybridized carbons (Fsp3) is 0.579. The van der Waals surface area contributed by atoms with E-state index in [1.54, 1.807) is 26.4 Å². The maximum absolute atomic E-state index is 12.5. The molecule has 0 aliphatic carbocycles. The van der Waals surface area contributed by atoms with Gasteiger partial charge in [0.2, 0.25) is 0 Å². The molecule has 1 N–H and O–H groups in total. The number of ether oxygens (including phenoxy) is 2. The van der Waals surface area contributed by atoms with Crippen LogP contribution in [0.5, 0.6) is 11.5 Å². The molecule has 0 saturated carbocycles. The highest BCUT2D eigenvalue weighted by Crippen LogP contribution is 2.29. The summed E-state index contributed by atoms with van der Waals surface area (Å²) in [7, 11) is 3.13. The molecule has 142 valence electrons. The fourth-order valence-corrected chi connectivity index (χ4v) is 3.45. The first-order valence-electron chi connectivity index (χ1n) is 9.09. The highest BCUT2D eigenvalue weighted by molar-refractivity contribution is 5.81. The largest absolute Gasteiger partial charge is 0.493 e. The highest BCUT2D eigenvalue weighted by Gasteiger charge is 2.19. The molecule has 7 nitrogen and oxygen atoms in total. The van der Waals surface area contributed by atoms with Crippen molar-refractivity contribution in [1.82, 2.24) is 19.8 Å². The van der Waals surface area contributed by atoms with Crippen LogP contribution in [0.25, 0.3) is 10.9 Å². The Bertz CT molecular complexity index is 810. The quantitative estimate of drug-likeness (QED) is 0.846. The van der Waals surface area contributed by atoms with E-state index < -0.39 is 0 Å². The number of H-pyrrole nitrogens is 1. The van der Waals surface area contributed by atoms with Crippen LogP contribution >= 0.6 is 0 Å². The Morgan fingerprint density at radius 2 is 1.69 bits per heavy atom. The van der Waals surface area contributed by atoms with Crippen molar-refractivity contribution >= 4 is 10.9 Å². The molecule has 0 unspecified atom stereocenters. The van der Waals surface area contributed by atoms with Crippen LogP contribution in [0.3, 0.4) is 0 Å². The average molecular weight is 360 g/mol. The van der Waals surface area contributed by atoms with E-state index in [2.05, 4.69) is 33.6 Å². The summed E-state index contributed by atoms with van der Waals surface area (Å²) in [6, 6.07) is 3.43. The molecule has 1 aromatic heterocycles. The van der Waals surface area contributed by atoms with Crippen molar-refractivity contribution < 1.29 is 9.47 Å². The SMILES string of the molecule is COc1cc2nc(CN3CCN(CC(C)C)CC3)[nH]c(=O)c2cc1OC. The van der Waals surface area contributed by atoms with Crippen LogP contribution in [0, 0.1) is 5.92 Å². The molecule has 3 rings (SSSR count). The molecule has 2 heterocycles. The predicted molar refractivity (Wildman–Crippen MR) is 102 cm³/mol. The monoisotopic (exact) mass is 360 g/mol. The van der Waals surface area contributed by atoms with E-state index in [0.717, 1.165) is 32.7 Å². The number of aromatic amines is 1. The minimum atomic E-state index is -0.149. The Balaban J connectivity index is 1.76. The molecule has 26 heavy (non-hydrogen) atoms. The van der Waals surface area contributed by atoms with Crippen LogP contribution in [0.4, 0.5) is 0 Å². The number of aromatic nitrogens is 2.